The molecule has 66 valence electrons. The Hall–Kier alpha value is 0.110. The Morgan fingerprint density at radius 3 is 2.36 bits per heavy atom. The first-order chi connectivity index (χ1) is 4.67. The van der Waals surface area contributed by atoms with E-state index >= 15 is 0 Å². The second kappa shape index (κ2) is 2.56. The van der Waals surface area contributed by atoms with E-state index in [0.717, 1.165) is 0 Å². The molecule has 2 aliphatic carbocycles. The summed E-state index contributed by atoms with van der Waals surface area (Å²) in [5.74, 6) is -2.42. The molecule has 0 aromatic heterocycles. The summed E-state index contributed by atoms with van der Waals surface area (Å²) >= 11 is 0. The molecule has 1 nitrogen and oxygen atoms in total. The lowest BCUT2D eigenvalue weighted by Gasteiger charge is -2.11. The zero-order valence-corrected chi connectivity index (χ0v) is 7.13. The highest BCUT2D eigenvalue weighted by molar-refractivity contribution is 5.85. The van der Waals surface area contributed by atoms with Gasteiger partial charge in [0.25, 0.3) is 5.92 Å². The van der Waals surface area contributed by atoms with Crippen LogP contribution in [0.3, 0.4) is 0 Å². The molecule has 0 bridgehead atoms. The fraction of sp³-hybridized carbons (Fsp3) is 1.00. The van der Waals surface area contributed by atoms with Gasteiger partial charge in [-0.05, 0) is 19.4 Å². The minimum atomic E-state index is -2.36. The Labute approximate surface area is 71.0 Å². The van der Waals surface area contributed by atoms with Crippen LogP contribution in [0.25, 0.3) is 0 Å². The maximum absolute atomic E-state index is 12.8. The number of halogens is 3. The average molecular weight is 184 g/mol. The van der Waals surface area contributed by atoms with E-state index in [-0.39, 0.29) is 36.7 Å². The van der Waals surface area contributed by atoms with Gasteiger partial charge in [-0.2, -0.15) is 0 Å². The molecule has 3 atom stereocenters. The van der Waals surface area contributed by atoms with E-state index < -0.39 is 5.92 Å². The van der Waals surface area contributed by atoms with E-state index in [2.05, 4.69) is 5.32 Å². The maximum Gasteiger partial charge on any atom is 0.252 e. The Balaban J connectivity index is 0.000000605. The number of rotatable bonds is 1. The fourth-order valence-corrected chi connectivity index (χ4v) is 2.23. The van der Waals surface area contributed by atoms with E-state index in [1.54, 1.807) is 7.05 Å². The third kappa shape index (κ3) is 1.14. The van der Waals surface area contributed by atoms with Crippen molar-refractivity contribution in [1.29, 1.82) is 0 Å². The second-order valence-corrected chi connectivity index (χ2v) is 3.30. The highest BCUT2D eigenvalue weighted by Gasteiger charge is 2.66. The number of fused-ring (bicyclic) bond motifs is 1. The predicted octanol–water partition coefficient (Wildman–Crippen LogP) is 1.67. The normalized spacial score (nSPS) is 44.5. The number of hydrogen-bond acceptors (Lipinski definition) is 1. The molecule has 2 saturated carbocycles. The third-order valence-electron chi connectivity index (χ3n) is 2.80. The summed E-state index contributed by atoms with van der Waals surface area (Å²) in [5, 5.41) is 2.92. The monoisotopic (exact) mass is 183 g/mol. The molecule has 0 heterocycles. The zero-order valence-electron chi connectivity index (χ0n) is 6.31. The molecule has 4 heteroatoms. The quantitative estimate of drug-likeness (QED) is 0.652. The van der Waals surface area contributed by atoms with Crippen molar-refractivity contribution < 1.29 is 8.78 Å². The van der Waals surface area contributed by atoms with Gasteiger partial charge in [-0.25, -0.2) is 8.78 Å². The first-order valence-corrected chi connectivity index (χ1v) is 3.72. The molecule has 0 saturated heterocycles. The number of nitrogens with one attached hydrogen (secondary N) is 1. The Bertz CT molecular complexity index is 159. The minimum absolute atomic E-state index is 0. The smallest absolute Gasteiger partial charge is 0.252 e. The van der Waals surface area contributed by atoms with Crippen LogP contribution >= 0.6 is 12.4 Å². The van der Waals surface area contributed by atoms with E-state index in [0.29, 0.717) is 6.42 Å². The summed E-state index contributed by atoms with van der Waals surface area (Å²) in [7, 11) is 1.76. The lowest BCUT2D eigenvalue weighted by molar-refractivity contribution is -0.0178. The molecule has 0 aromatic carbocycles. The standard InChI is InChI=1S/C7H11F2N.ClH/c1-10-6-4-2-3-7(8,9)5(4)6;/h4-6,10H,2-3H2,1H3;1H. The first-order valence-electron chi connectivity index (χ1n) is 3.72. The van der Waals surface area contributed by atoms with Gasteiger partial charge in [0, 0.05) is 18.4 Å². The predicted molar refractivity (Wildman–Crippen MR) is 41.3 cm³/mol. The molecule has 0 radical (unpaired) electrons. The van der Waals surface area contributed by atoms with Crippen molar-refractivity contribution in [2.24, 2.45) is 11.8 Å². The van der Waals surface area contributed by atoms with Crippen LogP contribution in [0.15, 0.2) is 0 Å². The Morgan fingerprint density at radius 2 is 2.09 bits per heavy atom. The van der Waals surface area contributed by atoms with E-state index in [9.17, 15) is 8.78 Å². The lowest BCUT2D eigenvalue weighted by atomic mass is 10.2. The van der Waals surface area contributed by atoms with Crippen LogP contribution in [0.2, 0.25) is 0 Å². The van der Waals surface area contributed by atoms with E-state index in [1.807, 2.05) is 0 Å². The number of hydrogen-bond donors (Lipinski definition) is 1. The van der Waals surface area contributed by atoms with Crippen LogP contribution in [0.5, 0.6) is 0 Å². The Morgan fingerprint density at radius 1 is 1.45 bits per heavy atom. The summed E-state index contributed by atoms with van der Waals surface area (Å²) in [4.78, 5) is 0. The van der Waals surface area contributed by atoms with Gasteiger partial charge in [0.1, 0.15) is 0 Å². The number of alkyl halides is 2. The van der Waals surface area contributed by atoms with Crippen LogP contribution in [0.1, 0.15) is 12.8 Å². The lowest BCUT2D eigenvalue weighted by Crippen LogP contribution is -2.24. The largest absolute Gasteiger partial charge is 0.316 e. The van der Waals surface area contributed by atoms with E-state index in [1.165, 1.54) is 0 Å². The molecule has 0 aromatic rings. The molecule has 0 amide bonds. The molecule has 2 rings (SSSR count). The van der Waals surface area contributed by atoms with Gasteiger partial charge in [-0.15, -0.1) is 12.4 Å². The minimum Gasteiger partial charge on any atom is -0.316 e. The molecule has 3 unspecified atom stereocenters. The van der Waals surface area contributed by atoms with Gasteiger partial charge in [0.15, 0.2) is 0 Å². The second-order valence-electron chi connectivity index (χ2n) is 3.30. The summed E-state index contributed by atoms with van der Waals surface area (Å²) in [6.45, 7) is 0. The maximum atomic E-state index is 12.8. The van der Waals surface area contributed by atoms with Crippen molar-refractivity contribution >= 4 is 12.4 Å². The van der Waals surface area contributed by atoms with Crippen LogP contribution in [-0.2, 0) is 0 Å². The van der Waals surface area contributed by atoms with Gasteiger partial charge in [0.05, 0.1) is 0 Å². The van der Waals surface area contributed by atoms with Gasteiger partial charge >= 0.3 is 0 Å². The topological polar surface area (TPSA) is 12.0 Å². The van der Waals surface area contributed by atoms with Crippen molar-refractivity contribution in [3.63, 3.8) is 0 Å². The van der Waals surface area contributed by atoms with Crippen LogP contribution in [-0.4, -0.2) is 19.0 Å². The molecule has 11 heavy (non-hydrogen) atoms. The summed E-state index contributed by atoms with van der Waals surface area (Å²) in [5.41, 5.74) is 0. The molecule has 0 spiro atoms. The molecular formula is C7H12ClF2N. The van der Waals surface area contributed by atoms with Crippen molar-refractivity contribution in [2.45, 2.75) is 24.8 Å². The summed E-state index contributed by atoms with van der Waals surface area (Å²) < 4.78 is 25.6. The van der Waals surface area contributed by atoms with Crippen molar-refractivity contribution in [3.8, 4) is 0 Å². The summed E-state index contributed by atoms with van der Waals surface area (Å²) in [6.07, 6.45) is 0.823. The SMILES string of the molecule is CNC1C2CCC(F)(F)C21.Cl. The van der Waals surface area contributed by atoms with Crippen molar-refractivity contribution in [1.82, 2.24) is 5.32 Å². The molecule has 1 N–H and O–H groups in total. The van der Waals surface area contributed by atoms with E-state index in [4.69, 9.17) is 0 Å². The first kappa shape index (κ1) is 9.20. The van der Waals surface area contributed by atoms with Crippen molar-refractivity contribution in [2.75, 3.05) is 7.05 Å². The van der Waals surface area contributed by atoms with Crippen LogP contribution in [0, 0.1) is 11.8 Å². The molecule has 2 aliphatic rings. The van der Waals surface area contributed by atoms with Crippen LogP contribution < -0.4 is 5.32 Å². The van der Waals surface area contributed by atoms with Crippen molar-refractivity contribution in [3.05, 3.63) is 0 Å². The highest BCUT2D eigenvalue weighted by Crippen LogP contribution is 2.59. The Kier molecular flexibility index (Phi) is 2.14. The fourth-order valence-electron chi connectivity index (χ4n) is 2.23. The van der Waals surface area contributed by atoms with Gasteiger partial charge in [-0.3, -0.25) is 0 Å². The molecule has 0 aliphatic heterocycles. The highest BCUT2D eigenvalue weighted by atomic mass is 35.5. The van der Waals surface area contributed by atoms with Crippen LogP contribution in [0.4, 0.5) is 8.78 Å². The average Bonchev–Trinajstić information content (AvgIpc) is 2.50. The van der Waals surface area contributed by atoms with Gasteiger partial charge < -0.3 is 5.32 Å². The third-order valence-corrected chi connectivity index (χ3v) is 2.80. The summed E-state index contributed by atoms with van der Waals surface area (Å²) in [6, 6.07) is 0.115. The molecule has 2 fully saturated rings. The molecular weight excluding hydrogens is 172 g/mol. The van der Waals surface area contributed by atoms with Gasteiger partial charge in [-0.1, -0.05) is 0 Å². The zero-order chi connectivity index (χ0) is 7.35. The van der Waals surface area contributed by atoms with Gasteiger partial charge in [0.2, 0.25) is 0 Å².